The van der Waals surface area contributed by atoms with E-state index in [1.54, 1.807) is 6.20 Å². The number of fused-ring (bicyclic) bond motifs is 5. The average molecular weight is 560 g/mol. The van der Waals surface area contributed by atoms with E-state index in [4.69, 9.17) is 0 Å². The summed E-state index contributed by atoms with van der Waals surface area (Å²) >= 11 is 0. The number of amides is 2. The zero-order valence-electron chi connectivity index (χ0n) is 18.6. The van der Waals surface area contributed by atoms with Crippen molar-refractivity contribution >= 4 is 41.8 Å². The number of nitrogens with one attached hydrogen (secondary N) is 2. The molecule has 1 aromatic heterocycles. The standard InChI is InChI=1S/C24H28N6O2.HI/c1-2-25-24(27-15-16-5-3-6-19(13-16)30-11-4-9-28-30)26-10-12-29-22(31)20-17-7-8-18(14-17)21(20)23(29)32;/h3-9,11,13,17-18,20-21H,2,10,12,14-15H2,1H3,(H2,25,26,27);1H. The smallest absolute Gasteiger partial charge is 0.233 e. The molecule has 2 amide bonds. The van der Waals surface area contributed by atoms with Gasteiger partial charge in [0, 0.05) is 32.0 Å². The largest absolute Gasteiger partial charge is 0.357 e. The molecule has 2 N–H and O–H groups in total. The molecule has 2 fully saturated rings. The molecular weight excluding hydrogens is 531 g/mol. The fourth-order valence-corrected chi connectivity index (χ4v) is 5.20. The summed E-state index contributed by atoms with van der Waals surface area (Å²) in [6.07, 6.45) is 8.86. The van der Waals surface area contributed by atoms with Crippen molar-refractivity contribution in [1.29, 1.82) is 0 Å². The number of halogens is 1. The van der Waals surface area contributed by atoms with E-state index in [0.29, 0.717) is 25.6 Å². The molecule has 33 heavy (non-hydrogen) atoms. The minimum absolute atomic E-state index is 0. The van der Waals surface area contributed by atoms with Crippen LogP contribution < -0.4 is 10.6 Å². The predicted octanol–water partition coefficient (Wildman–Crippen LogP) is 2.35. The number of guanidine groups is 1. The summed E-state index contributed by atoms with van der Waals surface area (Å²) in [5, 5.41) is 10.8. The number of aromatic nitrogens is 2. The fourth-order valence-electron chi connectivity index (χ4n) is 5.20. The first kappa shape index (κ1) is 23.5. The average Bonchev–Trinajstić information content (AvgIpc) is 3.59. The Morgan fingerprint density at radius 1 is 1.12 bits per heavy atom. The van der Waals surface area contributed by atoms with Gasteiger partial charge in [0.15, 0.2) is 5.96 Å². The van der Waals surface area contributed by atoms with Crippen molar-refractivity contribution < 1.29 is 9.59 Å². The van der Waals surface area contributed by atoms with E-state index >= 15 is 0 Å². The van der Waals surface area contributed by atoms with Gasteiger partial charge in [-0.25, -0.2) is 9.67 Å². The molecule has 174 valence electrons. The van der Waals surface area contributed by atoms with Crippen LogP contribution in [0.3, 0.4) is 0 Å². The Kier molecular flexibility index (Phi) is 7.16. The molecule has 2 aliphatic carbocycles. The number of carbonyl (C=O) groups excluding carboxylic acids is 2. The summed E-state index contributed by atoms with van der Waals surface area (Å²) in [6, 6.07) is 9.98. The van der Waals surface area contributed by atoms with E-state index in [-0.39, 0.29) is 59.5 Å². The lowest BCUT2D eigenvalue weighted by Gasteiger charge is -2.18. The maximum absolute atomic E-state index is 12.8. The van der Waals surface area contributed by atoms with Gasteiger partial charge in [0.2, 0.25) is 11.8 Å². The van der Waals surface area contributed by atoms with Crippen molar-refractivity contribution in [3.8, 4) is 5.69 Å². The highest BCUT2D eigenvalue weighted by atomic mass is 127. The van der Waals surface area contributed by atoms with Crippen LogP contribution in [0.1, 0.15) is 18.9 Å². The molecule has 2 aromatic rings. The molecule has 5 rings (SSSR count). The lowest BCUT2D eigenvalue weighted by Crippen LogP contribution is -2.43. The van der Waals surface area contributed by atoms with E-state index in [0.717, 1.165) is 24.2 Å². The van der Waals surface area contributed by atoms with Crippen LogP contribution in [-0.2, 0) is 16.1 Å². The molecule has 0 radical (unpaired) electrons. The maximum atomic E-state index is 12.8. The number of hydrogen-bond donors (Lipinski definition) is 2. The zero-order chi connectivity index (χ0) is 22.1. The van der Waals surface area contributed by atoms with Crippen LogP contribution in [0.2, 0.25) is 0 Å². The third kappa shape index (κ3) is 4.55. The number of nitrogens with zero attached hydrogens (tertiary/aromatic N) is 4. The first-order chi connectivity index (χ1) is 15.7. The van der Waals surface area contributed by atoms with Gasteiger partial charge in [-0.2, -0.15) is 5.10 Å². The summed E-state index contributed by atoms with van der Waals surface area (Å²) < 4.78 is 1.82. The van der Waals surface area contributed by atoms with Gasteiger partial charge in [0.25, 0.3) is 0 Å². The number of hydrogen-bond acceptors (Lipinski definition) is 4. The van der Waals surface area contributed by atoms with Crippen molar-refractivity contribution in [3.63, 3.8) is 0 Å². The topological polar surface area (TPSA) is 91.6 Å². The normalized spacial score (nSPS) is 25.4. The molecule has 4 atom stereocenters. The summed E-state index contributed by atoms with van der Waals surface area (Å²) in [5.74, 6) is 0.875. The Bertz CT molecular complexity index is 1040. The van der Waals surface area contributed by atoms with Crippen molar-refractivity contribution in [2.45, 2.75) is 19.9 Å². The molecule has 1 aromatic carbocycles. The summed E-state index contributed by atoms with van der Waals surface area (Å²) in [5.41, 5.74) is 2.05. The van der Waals surface area contributed by atoms with E-state index in [1.165, 1.54) is 4.90 Å². The highest BCUT2D eigenvalue weighted by Crippen LogP contribution is 2.52. The van der Waals surface area contributed by atoms with Crippen LogP contribution >= 0.6 is 24.0 Å². The van der Waals surface area contributed by atoms with Gasteiger partial charge in [-0.05, 0) is 48.9 Å². The van der Waals surface area contributed by atoms with E-state index in [9.17, 15) is 9.59 Å². The van der Waals surface area contributed by atoms with Crippen LogP contribution in [0.25, 0.3) is 5.69 Å². The van der Waals surface area contributed by atoms with Gasteiger partial charge in [-0.1, -0.05) is 24.3 Å². The molecule has 1 aliphatic heterocycles. The Morgan fingerprint density at radius 3 is 2.55 bits per heavy atom. The van der Waals surface area contributed by atoms with E-state index in [2.05, 4.69) is 38.9 Å². The molecule has 2 bridgehead atoms. The van der Waals surface area contributed by atoms with Gasteiger partial charge in [-0.15, -0.1) is 24.0 Å². The van der Waals surface area contributed by atoms with Crippen LogP contribution in [0.5, 0.6) is 0 Å². The third-order valence-corrected chi connectivity index (χ3v) is 6.63. The van der Waals surface area contributed by atoms with Crippen LogP contribution in [-0.4, -0.2) is 52.1 Å². The lowest BCUT2D eigenvalue weighted by atomic mass is 9.85. The van der Waals surface area contributed by atoms with Crippen LogP contribution in [0.4, 0.5) is 0 Å². The zero-order valence-corrected chi connectivity index (χ0v) is 20.9. The number of likely N-dealkylation sites (tertiary alicyclic amines) is 1. The minimum atomic E-state index is -0.138. The number of benzene rings is 1. The minimum Gasteiger partial charge on any atom is -0.357 e. The number of allylic oxidation sites excluding steroid dienone is 2. The van der Waals surface area contributed by atoms with Gasteiger partial charge in [-0.3, -0.25) is 14.5 Å². The van der Waals surface area contributed by atoms with Crippen molar-refractivity contribution in [1.82, 2.24) is 25.3 Å². The number of imide groups is 1. The van der Waals surface area contributed by atoms with Crippen molar-refractivity contribution in [2.75, 3.05) is 19.6 Å². The van der Waals surface area contributed by atoms with Crippen LogP contribution in [0, 0.1) is 23.7 Å². The second-order valence-electron chi connectivity index (χ2n) is 8.57. The quantitative estimate of drug-likeness (QED) is 0.179. The molecule has 8 nitrogen and oxygen atoms in total. The molecule has 4 unspecified atom stereocenters. The second-order valence-corrected chi connectivity index (χ2v) is 8.57. The Hall–Kier alpha value is -2.69. The maximum Gasteiger partial charge on any atom is 0.233 e. The number of carbonyl (C=O) groups is 2. The highest BCUT2D eigenvalue weighted by Gasteiger charge is 2.58. The van der Waals surface area contributed by atoms with Gasteiger partial charge in [0.1, 0.15) is 0 Å². The van der Waals surface area contributed by atoms with Gasteiger partial charge in [0.05, 0.1) is 24.1 Å². The SMILES string of the molecule is CCNC(=NCc1cccc(-n2cccn2)c1)NCCN1C(=O)C2C3C=CC(C3)C2C1=O.I. The first-order valence-corrected chi connectivity index (χ1v) is 11.3. The van der Waals surface area contributed by atoms with Crippen molar-refractivity contribution in [3.05, 3.63) is 60.4 Å². The summed E-state index contributed by atoms with van der Waals surface area (Å²) in [7, 11) is 0. The van der Waals surface area contributed by atoms with E-state index < -0.39 is 0 Å². The molecule has 2 heterocycles. The molecule has 9 heteroatoms. The molecule has 1 saturated heterocycles. The molecular formula is C24H29IN6O2. The fraction of sp³-hybridized carbons (Fsp3) is 0.417. The number of aliphatic imine (C=N–C) groups is 1. The van der Waals surface area contributed by atoms with Crippen LogP contribution in [0.15, 0.2) is 59.9 Å². The van der Waals surface area contributed by atoms with Gasteiger partial charge < -0.3 is 10.6 Å². The Labute approximate surface area is 210 Å². The monoisotopic (exact) mass is 560 g/mol. The molecule has 1 saturated carbocycles. The predicted molar refractivity (Wildman–Crippen MR) is 136 cm³/mol. The molecule has 3 aliphatic rings. The summed E-state index contributed by atoms with van der Waals surface area (Å²) in [6.45, 7) is 4.07. The third-order valence-electron chi connectivity index (χ3n) is 6.63. The summed E-state index contributed by atoms with van der Waals surface area (Å²) in [4.78, 5) is 31.8. The Morgan fingerprint density at radius 2 is 1.88 bits per heavy atom. The lowest BCUT2D eigenvalue weighted by molar-refractivity contribution is -0.140. The van der Waals surface area contributed by atoms with Gasteiger partial charge >= 0.3 is 0 Å². The van der Waals surface area contributed by atoms with E-state index in [1.807, 2.05) is 42.1 Å². The second kappa shape index (κ2) is 10.1. The number of rotatable bonds is 7. The van der Waals surface area contributed by atoms with Crippen molar-refractivity contribution in [2.24, 2.45) is 28.7 Å². The molecule has 0 spiro atoms. The Balaban J connectivity index is 0.00000259. The highest BCUT2D eigenvalue weighted by molar-refractivity contribution is 14.0. The first-order valence-electron chi connectivity index (χ1n) is 11.3.